The van der Waals surface area contributed by atoms with Crippen LogP contribution < -0.4 is 0 Å². The molecule has 0 radical (unpaired) electrons. The van der Waals surface area contributed by atoms with Crippen LogP contribution in [0.15, 0.2) is 24.5 Å². The maximum atomic E-state index is 9.52. The zero-order valence-corrected chi connectivity index (χ0v) is 10.6. The van der Waals surface area contributed by atoms with Crippen LogP contribution in [-0.2, 0) is 0 Å². The van der Waals surface area contributed by atoms with E-state index in [-0.39, 0.29) is 7.05 Å². The zero-order chi connectivity index (χ0) is 12.3. The van der Waals surface area contributed by atoms with E-state index in [9.17, 15) is 5.02 Å². The van der Waals surface area contributed by atoms with Crippen molar-refractivity contribution in [1.82, 2.24) is 14.7 Å². The SMILES string of the molecule is CB(O)N1CCN(C(C)c2ccncc2)CC1. The van der Waals surface area contributed by atoms with Gasteiger partial charge in [-0.1, -0.05) is 0 Å². The standard InChI is InChI=1S/C12H20BN3O/c1-11(12-3-5-14-6-4-12)15-7-9-16(10-8-15)13(2)17/h3-6,11,17H,7-10H2,1-2H3. The summed E-state index contributed by atoms with van der Waals surface area (Å²) in [5.74, 6) is 0. The molecule has 1 aliphatic heterocycles. The third-order valence-corrected chi connectivity index (χ3v) is 3.61. The summed E-state index contributed by atoms with van der Waals surface area (Å²) < 4.78 is 0. The molecule has 1 aliphatic rings. The monoisotopic (exact) mass is 233 g/mol. The lowest BCUT2D eigenvalue weighted by Crippen LogP contribution is -2.51. The van der Waals surface area contributed by atoms with E-state index >= 15 is 0 Å². The van der Waals surface area contributed by atoms with E-state index in [4.69, 9.17) is 0 Å². The second-order valence-corrected chi connectivity index (χ2v) is 4.66. The van der Waals surface area contributed by atoms with Gasteiger partial charge in [0.1, 0.15) is 0 Å². The van der Waals surface area contributed by atoms with Crippen molar-refractivity contribution < 1.29 is 5.02 Å². The maximum absolute atomic E-state index is 9.52. The number of nitrogens with zero attached hydrogens (tertiary/aromatic N) is 3. The molecule has 0 saturated carbocycles. The molecular formula is C12H20BN3O. The van der Waals surface area contributed by atoms with Gasteiger partial charge in [-0.3, -0.25) is 9.88 Å². The van der Waals surface area contributed by atoms with Crippen molar-refractivity contribution in [2.45, 2.75) is 19.8 Å². The van der Waals surface area contributed by atoms with Crippen LogP contribution in [0.5, 0.6) is 0 Å². The van der Waals surface area contributed by atoms with Crippen LogP contribution in [-0.4, -0.2) is 52.9 Å². The van der Waals surface area contributed by atoms with Crippen LogP contribution in [0.3, 0.4) is 0 Å². The van der Waals surface area contributed by atoms with Gasteiger partial charge >= 0.3 is 7.05 Å². The molecule has 2 rings (SSSR count). The first-order chi connectivity index (χ1) is 8.18. The highest BCUT2D eigenvalue weighted by molar-refractivity contribution is 6.45. The van der Waals surface area contributed by atoms with E-state index in [0.29, 0.717) is 6.04 Å². The first-order valence-electron chi connectivity index (χ1n) is 6.24. The maximum Gasteiger partial charge on any atom is 0.376 e. The van der Waals surface area contributed by atoms with Crippen LogP contribution in [0.2, 0.25) is 6.82 Å². The highest BCUT2D eigenvalue weighted by atomic mass is 16.2. The van der Waals surface area contributed by atoms with Crippen LogP contribution in [0.1, 0.15) is 18.5 Å². The van der Waals surface area contributed by atoms with Crippen molar-refractivity contribution in [2.75, 3.05) is 26.2 Å². The number of pyridine rings is 1. The largest absolute Gasteiger partial charge is 0.437 e. The molecule has 1 saturated heterocycles. The van der Waals surface area contributed by atoms with E-state index in [2.05, 4.69) is 33.8 Å². The second-order valence-electron chi connectivity index (χ2n) is 4.66. The van der Waals surface area contributed by atoms with Gasteiger partial charge in [-0.2, -0.15) is 0 Å². The van der Waals surface area contributed by atoms with E-state index in [1.165, 1.54) is 5.56 Å². The summed E-state index contributed by atoms with van der Waals surface area (Å²) >= 11 is 0. The lowest BCUT2D eigenvalue weighted by atomic mass is 9.84. The second kappa shape index (κ2) is 5.62. The number of rotatable bonds is 3. The molecule has 1 unspecified atom stereocenters. The predicted octanol–water partition coefficient (Wildman–Crippen LogP) is 0.871. The molecule has 0 aliphatic carbocycles. The third-order valence-electron chi connectivity index (χ3n) is 3.61. The van der Waals surface area contributed by atoms with E-state index in [0.717, 1.165) is 26.2 Å². The fourth-order valence-corrected chi connectivity index (χ4v) is 2.35. The fourth-order valence-electron chi connectivity index (χ4n) is 2.35. The van der Waals surface area contributed by atoms with Gasteiger partial charge in [0, 0.05) is 44.6 Å². The first kappa shape index (κ1) is 12.5. The van der Waals surface area contributed by atoms with Crippen molar-refractivity contribution in [3.8, 4) is 0 Å². The van der Waals surface area contributed by atoms with Gasteiger partial charge in [-0.15, -0.1) is 0 Å². The highest BCUT2D eigenvalue weighted by Crippen LogP contribution is 2.20. The summed E-state index contributed by atoms with van der Waals surface area (Å²) in [6.07, 6.45) is 3.69. The molecule has 0 spiro atoms. The fraction of sp³-hybridized carbons (Fsp3) is 0.583. The molecular weight excluding hydrogens is 213 g/mol. The molecule has 1 aromatic rings. The van der Waals surface area contributed by atoms with Gasteiger partial charge < -0.3 is 9.83 Å². The molecule has 1 atom stereocenters. The summed E-state index contributed by atoms with van der Waals surface area (Å²) in [5, 5.41) is 9.52. The van der Waals surface area contributed by atoms with Crippen molar-refractivity contribution in [2.24, 2.45) is 0 Å². The minimum absolute atomic E-state index is 0.326. The van der Waals surface area contributed by atoms with Gasteiger partial charge in [-0.05, 0) is 31.4 Å². The smallest absolute Gasteiger partial charge is 0.376 e. The molecule has 4 nitrogen and oxygen atoms in total. The molecule has 92 valence electrons. The van der Waals surface area contributed by atoms with Gasteiger partial charge in [0.25, 0.3) is 0 Å². The number of piperazine rings is 1. The average Bonchev–Trinajstić information content (AvgIpc) is 2.39. The Bertz CT molecular complexity index is 339. The van der Waals surface area contributed by atoms with E-state index in [1.807, 2.05) is 19.2 Å². The lowest BCUT2D eigenvalue weighted by molar-refractivity contribution is 0.137. The Balaban J connectivity index is 1.93. The normalized spacial score (nSPS) is 20.2. The summed E-state index contributed by atoms with van der Waals surface area (Å²) in [6.45, 7) is 7.96. The Labute approximate surface area is 103 Å². The molecule has 5 heteroatoms. The third kappa shape index (κ3) is 3.06. The molecule has 0 amide bonds. The number of hydrogen-bond donors (Lipinski definition) is 1. The van der Waals surface area contributed by atoms with Crippen LogP contribution >= 0.6 is 0 Å². The number of aromatic nitrogens is 1. The van der Waals surface area contributed by atoms with Gasteiger partial charge in [0.15, 0.2) is 0 Å². The summed E-state index contributed by atoms with van der Waals surface area (Å²) in [5.41, 5.74) is 1.31. The Kier molecular flexibility index (Phi) is 4.15. The van der Waals surface area contributed by atoms with Gasteiger partial charge in [0.05, 0.1) is 0 Å². The Morgan fingerprint density at radius 3 is 2.35 bits per heavy atom. The zero-order valence-electron chi connectivity index (χ0n) is 10.6. The van der Waals surface area contributed by atoms with Crippen molar-refractivity contribution in [3.63, 3.8) is 0 Å². The van der Waals surface area contributed by atoms with Crippen LogP contribution in [0, 0.1) is 0 Å². The summed E-state index contributed by atoms with van der Waals surface area (Å²) in [6, 6.07) is 4.58. The summed E-state index contributed by atoms with van der Waals surface area (Å²) in [7, 11) is -0.326. The lowest BCUT2D eigenvalue weighted by Gasteiger charge is -2.38. The molecule has 1 aromatic heterocycles. The highest BCUT2D eigenvalue weighted by Gasteiger charge is 2.25. The van der Waals surface area contributed by atoms with E-state index in [1.54, 1.807) is 0 Å². The van der Waals surface area contributed by atoms with Crippen LogP contribution in [0.4, 0.5) is 0 Å². The van der Waals surface area contributed by atoms with Crippen LogP contribution in [0.25, 0.3) is 0 Å². The van der Waals surface area contributed by atoms with Gasteiger partial charge in [-0.25, -0.2) is 0 Å². The summed E-state index contributed by atoms with van der Waals surface area (Å²) in [4.78, 5) is 8.61. The molecule has 1 N–H and O–H groups in total. The molecule has 1 fully saturated rings. The Morgan fingerprint density at radius 2 is 1.82 bits per heavy atom. The van der Waals surface area contributed by atoms with Gasteiger partial charge in [0.2, 0.25) is 0 Å². The molecule has 0 bridgehead atoms. The average molecular weight is 233 g/mol. The minimum atomic E-state index is -0.326. The molecule has 17 heavy (non-hydrogen) atoms. The Morgan fingerprint density at radius 1 is 1.24 bits per heavy atom. The van der Waals surface area contributed by atoms with Crippen molar-refractivity contribution in [1.29, 1.82) is 0 Å². The Hall–Kier alpha value is -0.905. The van der Waals surface area contributed by atoms with Crippen molar-refractivity contribution >= 4 is 7.05 Å². The molecule has 2 heterocycles. The molecule has 0 aromatic carbocycles. The van der Waals surface area contributed by atoms with E-state index < -0.39 is 0 Å². The number of hydrogen-bond acceptors (Lipinski definition) is 4. The minimum Gasteiger partial charge on any atom is -0.437 e. The van der Waals surface area contributed by atoms with Crippen molar-refractivity contribution in [3.05, 3.63) is 30.1 Å². The topological polar surface area (TPSA) is 39.6 Å². The quantitative estimate of drug-likeness (QED) is 0.786. The predicted molar refractivity (Wildman–Crippen MR) is 69.6 cm³/mol. The first-order valence-corrected chi connectivity index (χ1v) is 6.24.